The van der Waals surface area contributed by atoms with Crippen LogP contribution in [0.5, 0.6) is 17.2 Å². The minimum atomic E-state index is -0.577. The molecule has 1 heterocycles. The van der Waals surface area contributed by atoms with Crippen molar-refractivity contribution < 1.29 is 28.7 Å². The third-order valence-corrected chi connectivity index (χ3v) is 4.94. The fourth-order valence-corrected chi connectivity index (χ4v) is 3.36. The predicted octanol–water partition coefficient (Wildman–Crippen LogP) is 4.86. The van der Waals surface area contributed by atoms with Crippen molar-refractivity contribution in [1.29, 1.82) is 0 Å². The molecule has 4 rings (SSSR count). The normalized spacial score (nSPS) is 13.4. The molecule has 0 aromatic heterocycles. The number of ether oxygens (including phenoxy) is 4. The van der Waals surface area contributed by atoms with Crippen LogP contribution in [-0.2, 0) is 11.3 Å². The van der Waals surface area contributed by atoms with Gasteiger partial charge in [0.15, 0.2) is 11.5 Å². The molecule has 162 valence electrons. The molecule has 0 fully saturated rings. The van der Waals surface area contributed by atoms with E-state index in [1.807, 2.05) is 30.3 Å². The Labute approximate surface area is 183 Å². The fourth-order valence-electron chi connectivity index (χ4n) is 3.36. The maximum atomic E-state index is 12.4. The Morgan fingerprint density at radius 3 is 2.31 bits per heavy atom. The highest BCUT2D eigenvalue weighted by molar-refractivity contribution is 6.06. The molecule has 1 aliphatic heterocycles. The molecule has 0 saturated carbocycles. The van der Waals surface area contributed by atoms with Crippen molar-refractivity contribution in [3.63, 3.8) is 0 Å². The molecule has 0 unspecified atom stereocenters. The molecule has 0 aliphatic carbocycles. The van der Waals surface area contributed by atoms with Crippen molar-refractivity contribution in [2.24, 2.45) is 0 Å². The van der Waals surface area contributed by atoms with Crippen LogP contribution >= 0.6 is 0 Å². The molecule has 0 atom stereocenters. The molecule has 0 amide bonds. The molecule has 32 heavy (non-hydrogen) atoms. The molecule has 8 nitrogen and oxygen atoms in total. The number of carbonyl (C=O) groups is 1. The molecule has 8 heteroatoms. The molecule has 3 aromatic carbocycles. The van der Waals surface area contributed by atoms with Crippen LogP contribution in [0.4, 0.5) is 5.69 Å². The van der Waals surface area contributed by atoms with Gasteiger partial charge in [0.2, 0.25) is 0 Å². The highest BCUT2D eigenvalue weighted by atomic mass is 16.6. The lowest BCUT2D eigenvalue weighted by molar-refractivity contribution is -0.385. The molecule has 0 bridgehead atoms. The lowest BCUT2D eigenvalue weighted by Crippen LogP contribution is -1.97. The van der Waals surface area contributed by atoms with Crippen LogP contribution < -0.4 is 14.2 Å². The SMILES string of the molecule is COc1cc2c(cc1OC)/C(=C/c1cc(OCc3ccccc3)ccc1[N+](=O)[O-])OC2=O. The molecule has 0 spiro atoms. The lowest BCUT2D eigenvalue weighted by Gasteiger charge is -2.09. The van der Waals surface area contributed by atoms with E-state index in [1.54, 1.807) is 12.1 Å². The van der Waals surface area contributed by atoms with Gasteiger partial charge in [-0.2, -0.15) is 0 Å². The van der Waals surface area contributed by atoms with Crippen LogP contribution in [0, 0.1) is 10.1 Å². The maximum absolute atomic E-state index is 12.4. The van der Waals surface area contributed by atoms with Gasteiger partial charge >= 0.3 is 5.97 Å². The van der Waals surface area contributed by atoms with Gasteiger partial charge in [-0.3, -0.25) is 10.1 Å². The van der Waals surface area contributed by atoms with E-state index in [0.29, 0.717) is 29.4 Å². The third-order valence-electron chi connectivity index (χ3n) is 4.94. The smallest absolute Gasteiger partial charge is 0.344 e. The number of hydrogen-bond acceptors (Lipinski definition) is 7. The average Bonchev–Trinajstić information content (AvgIpc) is 3.11. The summed E-state index contributed by atoms with van der Waals surface area (Å²) in [4.78, 5) is 23.4. The van der Waals surface area contributed by atoms with E-state index in [2.05, 4.69) is 0 Å². The van der Waals surface area contributed by atoms with Crippen LogP contribution in [0.1, 0.15) is 27.0 Å². The first-order valence-electron chi connectivity index (χ1n) is 9.65. The molecular formula is C24H19NO7. The van der Waals surface area contributed by atoms with E-state index in [0.717, 1.165) is 5.56 Å². The summed E-state index contributed by atoms with van der Waals surface area (Å²) in [6, 6.07) is 17.1. The van der Waals surface area contributed by atoms with Gasteiger partial charge in [0.1, 0.15) is 18.1 Å². The van der Waals surface area contributed by atoms with E-state index in [4.69, 9.17) is 18.9 Å². The summed E-state index contributed by atoms with van der Waals surface area (Å²) in [7, 11) is 2.94. The summed E-state index contributed by atoms with van der Waals surface area (Å²) >= 11 is 0. The molecule has 1 aliphatic rings. The minimum Gasteiger partial charge on any atom is -0.493 e. The number of nitro groups is 1. The van der Waals surface area contributed by atoms with Crippen molar-refractivity contribution >= 4 is 23.5 Å². The first kappa shape index (κ1) is 20.9. The summed E-state index contributed by atoms with van der Waals surface area (Å²) in [5.74, 6) is 0.834. The largest absolute Gasteiger partial charge is 0.493 e. The molecule has 0 N–H and O–H groups in total. The lowest BCUT2D eigenvalue weighted by atomic mass is 10.0. The number of cyclic esters (lactones) is 1. The van der Waals surface area contributed by atoms with Crippen LogP contribution in [0.25, 0.3) is 11.8 Å². The van der Waals surface area contributed by atoms with Gasteiger partial charge in [-0.25, -0.2) is 4.79 Å². The van der Waals surface area contributed by atoms with Crippen molar-refractivity contribution in [1.82, 2.24) is 0 Å². The zero-order valence-electron chi connectivity index (χ0n) is 17.4. The maximum Gasteiger partial charge on any atom is 0.344 e. The summed E-state index contributed by atoms with van der Waals surface area (Å²) in [6.45, 7) is 0.309. The van der Waals surface area contributed by atoms with E-state index in [9.17, 15) is 14.9 Å². The number of nitro benzene ring substituents is 1. The van der Waals surface area contributed by atoms with Gasteiger partial charge in [0.25, 0.3) is 5.69 Å². The Morgan fingerprint density at radius 2 is 1.66 bits per heavy atom. The number of rotatable bonds is 7. The summed E-state index contributed by atoms with van der Waals surface area (Å²) in [5, 5.41) is 11.6. The zero-order valence-corrected chi connectivity index (χ0v) is 17.4. The molecule has 0 radical (unpaired) electrons. The number of methoxy groups -OCH3 is 2. The monoisotopic (exact) mass is 433 g/mol. The van der Waals surface area contributed by atoms with Crippen LogP contribution in [0.3, 0.4) is 0 Å². The van der Waals surface area contributed by atoms with Gasteiger partial charge in [-0.05, 0) is 35.9 Å². The van der Waals surface area contributed by atoms with E-state index < -0.39 is 10.9 Å². The third kappa shape index (κ3) is 4.11. The van der Waals surface area contributed by atoms with E-state index >= 15 is 0 Å². The van der Waals surface area contributed by atoms with Gasteiger partial charge in [-0.15, -0.1) is 0 Å². The van der Waals surface area contributed by atoms with Crippen LogP contribution in [0.15, 0.2) is 60.7 Å². The number of carbonyl (C=O) groups excluding carboxylic acids is 1. The Bertz CT molecular complexity index is 1220. The number of esters is 1. The van der Waals surface area contributed by atoms with Gasteiger partial charge in [-0.1, -0.05) is 30.3 Å². The summed E-state index contributed by atoms with van der Waals surface area (Å²) in [5.41, 5.74) is 1.80. The Kier molecular flexibility index (Phi) is 5.76. The van der Waals surface area contributed by atoms with Crippen LogP contribution in [0.2, 0.25) is 0 Å². The molecular weight excluding hydrogens is 414 g/mol. The average molecular weight is 433 g/mol. The zero-order chi connectivity index (χ0) is 22.7. The van der Waals surface area contributed by atoms with Gasteiger partial charge in [0, 0.05) is 11.6 Å². The Morgan fingerprint density at radius 1 is 0.969 bits per heavy atom. The number of hydrogen-bond donors (Lipinski definition) is 0. The second-order valence-corrected chi connectivity index (χ2v) is 6.90. The van der Waals surface area contributed by atoms with Crippen molar-refractivity contribution in [3.05, 3.63) is 93.0 Å². The van der Waals surface area contributed by atoms with Gasteiger partial charge < -0.3 is 18.9 Å². The number of fused-ring (bicyclic) bond motifs is 1. The Hall–Kier alpha value is -4.33. The van der Waals surface area contributed by atoms with E-state index in [1.165, 1.54) is 38.5 Å². The van der Waals surface area contributed by atoms with Gasteiger partial charge in [0.05, 0.1) is 30.3 Å². The minimum absolute atomic E-state index is 0.144. The van der Waals surface area contributed by atoms with Crippen molar-refractivity contribution in [2.75, 3.05) is 14.2 Å². The van der Waals surface area contributed by atoms with Crippen LogP contribution in [-0.4, -0.2) is 25.1 Å². The summed E-state index contributed by atoms with van der Waals surface area (Å²) in [6.07, 6.45) is 1.45. The topological polar surface area (TPSA) is 97.1 Å². The number of nitrogens with zero attached hydrogens (tertiary/aromatic N) is 1. The van der Waals surface area contributed by atoms with Crippen molar-refractivity contribution in [2.45, 2.75) is 6.61 Å². The fraction of sp³-hybridized carbons (Fsp3) is 0.125. The summed E-state index contributed by atoms with van der Waals surface area (Å²) < 4.78 is 21.7. The highest BCUT2D eigenvalue weighted by Gasteiger charge is 2.30. The quantitative estimate of drug-likeness (QED) is 0.298. The molecule has 0 saturated heterocycles. The molecule has 3 aromatic rings. The highest BCUT2D eigenvalue weighted by Crippen LogP contribution is 2.40. The van der Waals surface area contributed by atoms with Crippen molar-refractivity contribution in [3.8, 4) is 17.2 Å². The van der Waals surface area contributed by atoms with E-state index in [-0.39, 0.29) is 22.6 Å². The second-order valence-electron chi connectivity index (χ2n) is 6.90. The first-order valence-corrected chi connectivity index (χ1v) is 9.65. The number of benzene rings is 3. The Balaban J connectivity index is 1.72. The first-order chi connectivity index (χ1) is 15.5. The standard InChI is InChI=1S/C24H19NO7/c1-29-22-12-18-19(13-23(22)30-2)24(26)32-21(18)11-16-10-17(8-9-20(16)25(27)28)31-14-15-6-4-3-5-7-15/h3-13H,14H2,1-2H3/b21-11-. The second kappa shape index (κ2) is 8.81. The predicted molar refractivity (Wildman–Crippen MR) is 117 cm³/mol.